The number of rotatable bonds is 4. The number of amides is 2. The van der Waals surface area contributed by atoms with Gasteiger partial charge in [0.05, 0.1) is 25.1 Å². The molecule has 0 bridgehead atoms. The van der Waals surface area contributed by atoms with Crippen molar-refractivity contribution in [3.63, 3.8) is 0 Å². The van der Waals surface area contributed by atoms with Crippen LogP contribution < -0.4 is 4.74 Å². The third kappa shape index (κ3) is 2.82. The third-order valence-corrected chi connectivity index (χ3v) is 6.87. The predicted molar refractivity (Wildman–Crippen MR) is 111 cm³/mol. The van der Waals surface area contributed by atoms with Crippen LogP contribution >= 0.6 is 0 Å². The first-order valence-electron chi connectivity index (χ1n) is 10.5. The Morgan fingerprint density at radius 1 is 1.17 bits per heavy atom. The number of likely N-dealkylation sites (tertiary alicyclic amines) is 1. The highest BCUT2D eigenvalue weighted by Crippen LogP contribution is 2.51. The van der Waals surface area contributed by atoms with Gasteiger partial charge in [0.25, 0.3) is 5.91 Å². The molecule has 3 aliphatic heterocycles. The van der Waals surface area contributed by atoms with E-state index in [1.165, 1.54) is 0 Å². The molecule has 2 aromatic rings. The van der Waals surface area contributed by atoms with Crippen LogP contribution in [0.3, 0.4) is 0 Å². The first kappa shape index (κ1) is 19.1. The summed E-state index contributed by atoms with van der Waals surface area (Å²) in [5.74, 6) is 0.682. The Morgan fingerprint density at radius 2 is 1.97 bits per heavy atom. The molecule has 30 heavy (non-hydrogen) atoms. The maximum absolute atomic E-state index is 13.0. The lowest BCUT2D eigenvalue weighted by atomic mass is 10.0. The minimum absolute atomic E-state index is 0.0345. The van der Waals surface area contributed by atoms with Gasteiger partial charge < -0.3 is 19.3 Å². The van der Waals surface area contributed by atoms with E-state index in [0.717, 1.165) is 22.4 Å². The van der Waals surface area contributed by atoms with Crippen molar-refractivity contribution in [3.8, 4) is 5.75 Å². The van der Waals surface area contributed by atoms with Crippen molar-refractivity contribution in [1.29, 1.82) is 0 Å². The molecule has 5 rings (SSSR count). The maximum atomic E-state index is 13.0. The number of carbonyl (C=O) groups excluding carboxylic acids is 2. The van der Waals surface area contributed by atoms with E-state index >= 15 is 0 Å². The molecule has 3 fully saturated rings. The smallest absolute Gasteiger partial charge is 0.260 e. The second-order valence-corrected chi connectivity index (χ2v) is 8.39. The van der Waals surface area contributed by atoms with Crippen molar-refractivity contribution in [2.75, 3.05) is 19.8 Å². The van der Waals surface area contributed by atoms with Crippen LogP contribution in [0.5, 0.6) is 5.75 Å². The number of carbonyl (C=O) groups is 2. The van der Waals surface area contributed by atoms with E-state index in [-0.39, 0.29) is 30.5 Å². The summed E-state index contributed by atoms with van der Waals surface area (Å²) in [7, 11) is 0. The van der Waals surface area contributed by atoms with E-state index in [4.69, 9.17) is 9.47 Å². The van der Waals surface area contributed by atoms with Crippen LogP contribution in [-0.2, 0) is 14.3 Å². The molecule has 3 heterocycles. The maximum Gasteiger partial charge on any atom is 0.260 e. The van der Waals surface area contributed by atoms with E-state index in [9.17, 15) is 9.59 Å². The lowest BCUT2D eigenvalue weighted by Gasteiger charge is -2.33. The molecule has 2 aromatic carbocycles. The fourth-order valence-electron chi connectivity index (χ4n) is 5.17. The zero-order valence-electron chi connectivity index (χ0n) is 17.3. The van der Waals surface area contributed by atoms with Gasteiger partial charge in [-0.3, -0.25) is 9.59 Å². The Kier molecular flexibility index (Phi) is 4.54. The molecule has 0 aliphatic carbocycles. The Morgan fingerprint density at radius 3 is 2.77 bits per heavy atom. The highest BCUT2D eigenvalue weighted by atomic mass is 16.5. The van der Waals surface area contributed by atoms with Crippen LogP contribution in [0, 0.1) is 13.8 Å². The van der Waals surface area contributed by atoms with E-state index < -0.39 is 5.72 Å². The Bertz CT molecular complexity index is 992. The van der Waals surface area contributed by atoms with Gasteiger partial charge in [-0.25, -0.2) is 0 Å². The molecule has 0 N–H and O–H groups in total. The SMILES string of the molecule is Cc1cccc(OCC(=O)N2CC[C@@]34OC[C@@H](c5ccccc5)N3C(=O)C[C@@H]24)c1C. The zero-order chi connectivity index (χ0) is 20.9. The van der Waals surface area contributed by atoms with E-state index in [2.05, 4.69) is 0 Å². The summed E-state index contributed by atoms with van der Waals surface area (Å²) < 4.78 is 12.1. The highest BCUT2D eigenvalue weighted by molar-refractivity contribution is 5.85. The molecule has 6 heteroatoms. The van der Waals surface area contributed by atoms with Crippen LogP contribution in [0.4, 0.5) is 0 Å². The van der Waals surface area contributed by atoms with E-state index in [1.54, 1.807) is 4.90 Å². The van der Waals surface area contributed by atoms with E-state index in [1.807, 2.05) is 67.3 Å². The molecule has 0 aromatic heterocycles. The van der Waals surface area contributed by atoms with Crippen LogP contribution in [0.15, 0.2) is 48.5 Å². The number of hydrogen-bond acceptors (Lipinski definition) is 4. The fraction of sp³-hybridized carbons (Fsp3) is 0.417. The standard InChI is InChI=1S/C24H26N2O4/c1-16-7-6-10-20(17(16)2)29-15-23(28)25-12-11-24-21(25)13-22(27)26(24)19(14-30-24)18-8-4-3-5-9-18/h3-10,19,21H,11-15H2,1-2H3/t19-,21+,24-/m0/s1. The summed E-state index contributed by atoms with van der Waals surface area (Å²) in [5.41, 5.74) is 2.54. The number of ether oxygens (including phenoxy) is 2. The number of hydrogen-bond donors (Lipinski definition) is 0. The van der Waals surface area contributed by atoms with Gasteiger partial charge in [0.2, 0.25) is 5.91 Å². The van der Waals surface area contributed by atoms with Crippen molar-refractivity contribution in [2.24, 2.45) is 0 Å². The summed E-state index contributed by atoms with van der Waals surface area (Å²) in [4.78, 5) is 29.7. The van der Waals surface area contributed by atoms with Gasteiger partial charge in [-0.15, -0.1) is 0 Å². The number of benzene rings is 2. The first-order valence-corrected chi connectivity index (χ1v) is 10.5. The molecule has 6 nitrogen and oxygen atoms in total. The predicted octanol–water partition coefficient (Wildman–Crippen LogP) is 2.98. The van der Waals surface area contributed by atoms with Crippen molar-refractivity contribution in [1.82, 2.24) is 9.80 Å². The molecule has 3 aliphatic rings. The summed E-state index contributed by atoms with van der Waals surface area (Å²) in [6, 6.07) is 15.5. The lowest BCUT2D eigenvalue weighted by molar-refractivity contribution is -0.142. The van der Waals surface area contributed by atoms with Crippen LogP contribution in [0.2, 0.25) is 0 Å². The molecule has 156 valence electrons. The molecule has 3 saturated heterocycles. The Labute approximate surface area is 176 Å². The molecule has 1 spiro atoms. The highest BCUT2D eigenvalue weighted by Gasteiger charge is 2.65. The van der Waals surface area contributed by atoms with Crippen molar-refractivity contribution < 1.29 is 19.1 Å². The minimum Gasteiger partial charge on any atom is -0.483 e. The second-order valence-electron chi connectivity index (χ2n) is 8.39. The minimum atomic E-state index is -0.702. The molecule has 0 radical (unpaired) electrons. The van der Waals surface area contributed by atoms with Crippen LogP contribution in [-0.4, -0.2) is 53.1 Å². The second kappa shape index (κ2) is 7.13. The summed E-state index contributed by atoms with van der Waals surface area (Å²) in [5, 5.41) is 0. The number of nitrogens with zero attached hydrogens (tertiary/aromatic N) is 2. The monoisotopic (exact) mass is 406 g/mol. The molecule has 0 unspecified atom stereocenters. The summed E-state index contributed by atoms with van der Waals surface area (Å²) >= 11 is 0. The van der Waals surface area contributed by atoms with Gasteiger partial charge in [0.15, 0.2) is 12.3 Å². The topological polar surface area (TPSA) is 59.1 Å². The lowest BCUT2D eigenvalue weighted by Crippen LogP contribution is -2.49. The molecular formula is C24H26N2O4. The first-order chi connectivity index (χ1) is 14.5. The average molecular weight is 406 g/mol. The Hall–Kier alpha value is -2.86. The normalized spacial score (nSPS) is 27.3. The van der Waals surface area contributed by atoms with Crippen molar-refractivity contribution >= 4 is 11.8 Å². The zero-order valence-corrected chi connectivity index (χ0v) is 17.3. The fourth-order valence-corrected chi connectivity index (χ4v) is 5.17. The van der Waals surface area contributed by atoms with Crippen molar-refractivity contribution in [2.45, 2.75) is 44.5 Å². The number of aryl methyl sites for hydroxylation is 1. The van der Waals surface area contributed by atoms with Crippen LogP contribution in [0.1, 0.15) is 35.6 Å². The molecular weight excluding hydrogens is 380 g/mol. The van der Waals surface area contributed by atoms with Gasteiger partial charge in [-0.05, 0) is 36.6 Å². The van der Waals surface area contributed by atoms with Gasteiger partial charge >= 0.3 is 0 Å². The van der Waals surface area contributed by atoms with Gasteiger partial charge in [0.1, 0.15) is 5.75 Å². The van der Waals surface area contributed by atoms with Gasteiger partial charge in [-0.2, -0.15) is 0 Å². The summed E-state index contributed by atoms with van der Waals surface area (Å²) in [6.45, 7) is 5.02. The van der Waals surface area contributed by atoms with Gasteiger partial charge in [0, 0.05) is 13.0 Å². The molecule has 2 amide bonds. The third-order valence-electron chi connectivity index (χ3n) is 6.87. The van der Waals surface area contributed by atoms with Crippen molar-refractivity contribution in [3.05, 3.63) is 65.2 Å². The summed E-state index contributed by atoms with van der Waals surface area (Å²) in [6.07, 6.45) is 0.945. The van der Waals surface area contributed by atoms with E-state index in [0.29, 0.717) is 26.0 Å². The Balaban J connectivity index is 1.33. The average Bonchev–Trinajstić information content (AvgIpc) is 3.38. The van der Waals surface area contributed by atoms with Crippen LogP contribution in [0.25, 0.3) is 0 Å². The molecule has 3 atom stereocenters. The van der Waals surface area contributed by atoms with Gasteiger partial charge in [-0.1, -0.05) is 42.5 Å². The quantitative estimate of drug-likeness (QED) is 0.783. The largest absolute Gasteiger partial charge is 0.483 e. The molecule has 0 saturated carbocycles.